The van der Waals surface area contributed by atoms with Crippen molar-refractivity contribution in [2.45, 2.75) is 31.9 Å². The maximum atomic E-state index is 6.16. The van der Waals surface area contributed by atoms with Gasteiger partial charge in [-0.2, -0.15) is 0 Å². The Hall–Kier alpha value is -0.720. The zero-order valence-corrected chi connectivity index (χ0v) is 12.6. The number of morpholine rings is 1. The molecule has 5 nitrogen and oxygen atoms in total. The Kier molecular flexibility index (Phi) is 6.19. The lowest BCUT2D eigenvalue weighted by atomic mass is 10.0. The predicted octanol–water partition coefficient (Wildman–Crippen LogP) is 1.22. The summed E-state index contributed by atoms with van der Waals surface area (Å²) in [6.45, 7) is 5.96. The first kappa shape index (κ1) is 15.7. The Morgan fingerprint density at radius 1 is 1.65 bits per heavy atom. The quantitative estimate of drug-likeness (QED) is 0.611. The molecule has 1 aromatic rings. The number of nitrogens with zero attached hydrogens (tertiary/aromatic N) is 2. The Balaban J connectivity index is 1.99. The summed E-state index contributed by atoms with van der Waals surface area (Å²) in [6.07, 6.45) is 5.39. The molecule has 0 aliphatic carbocycles. The molecule has 0 bridgehead atoms. The molecule has 2 rings (SSSR count). The first-order valence-electron chi connectivity index (χ1n) is 7.13. The van der Waals surface area contributed by atoms with E-state index in [0.717, 1.165) is 44.6 Å². The van der Waals surface area contributed by atoms with E-state index in [1.807, 2.05) is 6.07 Å². The average molecular weight is 299 g/mol. The second-order valence-electron chi connectivity index (χ2n) is 5.15. The molecule has 2 atom stereocenters. The van der Waals surface area contributed by atoms with Gasteiger partial charge in [-0.05, 0) is 31.0 Å². The van der Waals surface area contributed by atoms with E-state index in [4.69, 9.17) is 22.2 Å². The molecule has 1 aliphatic rings. The summed E-state index contributed by atoms with van der Waals surface area (Å²) in [7, 11) is 0. The fourth-order valence-electron chi connectivity index (χ4n) is 2.60. The molecule has 112 valence electrons. The van der Waals surface area contributed by atoms with Gasteiger partial charge < -0.3 is 4.74 Å². The molecule has 1 fully saturated rings. The van der Waals surface area contributed by atoms with Gasteiger partial charge in [0.15, 0.2) is 0 Å². The summed E-state index contributed by atoms with van der Waals surface area (Å²) in [5, 5.41) is 0.675. The van der Waals surface area contributed by atoms with Crippen LogP contribution in [-0.2, 0) is 11.2 Å². The number of aromatic nitrogens is 1. The van der Waals surface area contributed by atoms with Crippen molar-refractivity contribution in [2.75, 3.05) is 26.2 Å². The van der Waals surface area contributed by atoms with Crippen LogP contribution in [0.4, 0.5) is 0 Å². The molecule has 6 heteroatoms. The highest BCUT2D eigenvalue weighted by atomic mass is 35.5. The predicted molar refractivity (Wildman–Crippen MR) is 80.5 cm³/mol. The highest BCUT2D eigenvalue weighted by Crippen LogP contribution is 2.18. The van der Waals surface area contributed by atoms with Gasteiger partial charge in [-0.3, -0.25) is 21.2 Å². The first-order valence-corrected chi connectivity index (χ1v) is 7.50. The molecular formula is C14H23ClN4O. The normalized spacial score (nSPS) is 21.9. The van der Waals surface area contributed by atoms with Crippen LogP contribution in [0.15, 0.2) is 18.5 Å². The number of halogens is 1. The van der Waals surface area contributed by atoms with Crippen LogP contribution in [0.2, 0.25) is 5.02 Å². The zero-order valence-electron chi connectivity index (χ0n) is 11.9. The summed E-state index contributed by atoms with van der Waals surface area (Å²) >= 11 is 6.16. The van der Waals surface area contributed by atoms with E-state index in [-0.39, 0.29) is 12.1 Å². The molecule has 0 radical (unpaired) electrons. The van der Waals surface area contributed by atoms with Crippen molar-refractivity contribution in [3.63, 3.8) is 0 Å². The summed E-state index contributed by atoms with van der Waals surface area (Å²) < 4.78 is 5.88. The number of hydrogen-bond donors (Lipinski definition) is 2. The van der Waals surface area contributed by atoms with Crippen LogP contribution < -0.4 is 11.3 Å². The van der Waals surface area contributed by atoms with Crippen molar-refractivity contribution >= 4 is 11.6 Å². The molecule has 2 heterocycles. The molecule has 0 spiro atoms. The van der Waals surface area contributed by atoms with Crippen LogP contribution in [0.25, 0.3) is 0 Å². The lowest BCUT2D eigenvalue weighted by molar-refractivity contribution is -0.0462. The minimum atomic E-state index is 0.0505. The van der Waals surface area contributed by atoms with Gasteiger partial charge in [0.05, 0.1) is 23.8 Å². The molecule has 20 heavy (non-hydrogen) atoms. The van der Waals surface area contributed by atoms with Gasteiger partial charge in [0.2, 0.25) is 0 Å². The number of nitrogens with two attached hydrogens (primary N) is 1. The van der Waals surface area contributed by atoms with E-state index >= 15 is 0 Å². The van der Waals surface area contributed by atoms with E-state index < -0.39 is 0 Å². The van der Waals surface area contributed by atoms with Crippen molar-refractivity contribution in [2.24, 2.45) is 5.84 Å². The molecule has 1 aromatic heterocycles. The standard InChI is InChI=1S/C14H23ClN4O/c1-2-5-19-6-7-20-14(10-19)13(18-16)8-11-3-4-17-9-12(11)15/h3-4,9,13-14,18H,2,5-8,10,16H2,1H3. The minimum Gasteiger partial charge on any atom is -0.374 e. The average Bonchev–Trinajstić information content (AvgIpc) is 2.47. The van der Waals surface area contributed by atoms with Crippen LogP contribution in [0.5, 0.6) is 0 Å². The van der Waals surface area contributed by atoms with Crippen LogP contribution in [0.1, 0.15) is 18.9 Å². The van der Waals surface area contributed by atoms with Crippen LogP contribution in [0.3, 0.4) is 0 Å². The van der Waals surface area contributed by atoms with Crippen molar-refractivity contribution in [1.29, 1.82) is 0 Å². The van der Waals surface area contributed by atoms with Crippen molar-refractivity contribution in [1.82, 2.24) is 15.3 Å². The lowest BCUT2D eigenvalue weighted by Crippen LogP contribution is -2.54. The Morgan fingerprint density at radius 3 is 3.20 bits per heavy atom. The monoisotopic (exact) mass is 298 g/mol. The third-order valence-electron chi connectivity index (χ3n) is 3.68. The number of ether oxygens (including phenoxy) is 1. The van der Waals surface area contributed by atoms with Gasteiger partial charge in [0, 0.05) is 25.5 Å². The second-order valence-corrected chi connectivity index (χ2v) is 5.56. The highest BCUT2D eigenvalue weighted by Gasteiger charge is 2.27. The van der Waals surface area contributed by atoms with E-state index in [0.29, 0.717) is 5.02 Å². The van der Waals surface area contributed by atoms with Gasteiger partial charge in [-0.25, -0.2) is 0 Å². The van der Waals surface area contributed by atoms with Gasteiger partial charge in [-0.1, -0.05) is 18.5 Å². The lowest BCUT2D eigenvalue weighted by Gasteiger charge is -2.36. The van der Waals surface area contributed by atoms with E-state index in [1.54, 1.807) is 12.4 Å². The smallest absolute Gasteiger partial charge is 0.0871 e. The first-order chi connectivity index (χ1) is 9.74. The highest BCUT2D eigenvalue weighted by molar-refractivity contribution is 6.31. The zero-order chi connectivity index (χ0) is 14.4. The van der Waals surface area contributed by atoms with Crippen LogP contribution >= 0.6 is 11.6 Å². The van der Waals surface area contributed by atoms with Gasteiger partial charge in [-0.15, -0.1) is 0 Å². The summed E-state index contributed by atoms with van der Waals surface area (Å²) in [5.41, 5.74) is 3.92. The van der Waals surface area contributed by atoms with Gasteiger partial charge >= 0.3 is 0 Å². The largest absolute Gasteiger partial charge is 0.374 e. The maximum Gasteiger partial charge on any atom is 0.0871 e. The van der Waals surface area contributed by atoms with Crippen molar-refractivity contribution < 1.29 is 4.74 Å². The van der Waals surface area contributed by atoms with Crippen LogP contribution in [0, 0.1) is 0 Å². The molecule has 1 aliphatic heterocycles. The Morgan fingerprint density at radius 2 is 2.50 bits per heavy atom. The molecule has 1 saturated heterocycles. The van der Waals surface area contributed by atoms with E-state index in [1.165, 1.54) is 0 Å². The number of hydrazine groups is 1. The second kappa shape index (κ2) is 7.90. The molecule has 0 amide bonds. The molecule has 2 unspecified atom stereocenters. The Labute approximate surface area is 125 Å². The molecule has 0 aromatic carbocycles. The van der Waals surface area contributed by atoms with Gasteiger partial charge in [0.25, 0.3) is 0 Å². The molecule has 0 saturated carbocycles. The topological polar surface area (TPSA) is 63.4 Å². The van der Waals surface area contributed by atoms with Crippen LogP contribution in [-0.4, -0.2) is 48.3 Å². The van der Waals surface area contributed by atoms with E-state index in [2.05, 4.69) is 22.2 Å². The fourth-order valence-corrected chi connectivity index (χ4v) is 2.80. The van der Waals surface area contributed by atoms with E-state index in [9.17, 15) is 0 Å². The maximum absolute atomic E-state index is 6.16. The third-order valence-corrected chi connectivity index (χ3v) is 4.02. The molecular weight excluding hydrogens is 276 g/mol. The third kappa shape index (κ3) is 4.14. The van der Waals surface area contributed by atoms with Crippen molar-refractivity contribution in [3.8, 4) is 0 Å². The number of rotatable bonds is 6. The minimum absolute atomic E-state index is 0.0505. The summed E-state index contributed by atoms with van der Waals surface area (Å²) in [5.74, 6) is 5.71. The van der Waals surface area contributed by atoms with Gasteiger partial charge in [0.1, 0.15) is 0 Å². The number of nitrogens with one attached hydrogen (secondary N) is 1. The summed E-state index contributed by atoms with van der Waals surface area (Å²) in [6, 6.07) is 1.98. The SMILES string of the molecule is CCCN1CCOC(C(Cc2ccncc2Cl)NN)C1. The fraction of sp³-hybridized carbons (Fsp3) is 0.643. The number of pyridine rings is 1. The van der Waals surface area contributed by atoms with Crippen molar-refractivity contribution in [3.05, 3.63) is 29.0 Å². The molecule has 3 N–H and O–H groups in total. The number of hydrogen-bond acceptors (Lipinski definition) is 5. The Bertz CT molecular complexity index is 416. The summed E-state index contributed by atoms with van der Waals surface area (Å²) in [4.78, 5) is 6.43.